The van der Waals surface area contributed by atoms with Gasteiger partial charge in [-0.1, -0.05) is 36.4 Å². The topological polar surface area (TPSA) is 38.1 Å². The molecule has 2 unspecified atom stereocenters. The van der Waals surface area contributed by atoms with Crippen molar-refractivity contribution in [3.05, 3.63) is 71.7 Å². The minimum Gasteiger partial charge on any atom is -0.388 e. The predicted molar refractivity (Wildman–Crippen MR) is 96.2 cm³/mol. The Labute approximate surface area is 145 Å². The number of aryl methyl sites for hydroxylation is 1. The van der Waals surface area contributed by atoms with Crippen molar-refractivity contribution in [2.24, 2.45) is 0 Å². The Morgan fingerprint density at radius 2 is 2.17 bits per heavy atom. The zero-order valence-electron chi connectivity index (χ0n) is 13.2. The molecule has 5 rings (SSSR count). The summed E-state index contributed by atoms with van der Waals surface area (Å²) in [7, 11) is 0. The second-order valence-corrected chi connectivity index (χ2v) is 7.64. The smallest absolute Gasteiger partial charge is 0.0956 e. The van der Waals surface area contributed by atoms with E-state index in [1.165, 1.54) is 21.6 Å². The van der Waals surface area contributed by atoms with E-state index >= 15 is 0 Å². The number of imidazole rings is 1. The summed E-state index contributed by atoms with van der Waals surface area (Å²) in [5, 5.41) is 10.9. The molecule has 3 nitrogen and oxygen atoms in total. The Balaban J connectivity index is 1.48. The molecule has 3 heterocycles. The normalized spacial score (nSPS) is 19.0. The quantitative estimate of drug-likeness (QED) is 0.779. The van der Waals surface area contributed by atoms with Crippen molar-refractivity contribution in [1.82, 2.24) is 9.55 Å². The highest BCUT2D eigenvalue weighted by Crippen LogP contribution is 2.43. The molecule has 0 saturated heterocycles. The van der Waals surface area contributed by atoms with Crippen LogP contribution in [0.1, 0.15) is 35.3 Å². The SMILES string of the molecule is OC(CC1c2ccccc2-c2cncn21)c1ccc2c(c1)CCS2. The van der Waals surface area contributed by atoms with Gasteiger partial charge in [0.1, 0.15) is 0 Å². The molecule has 24 heavy (non-hydrogen) atoms. The van der Waals surface area contributed by atoms with Crippen molar-refractivity contribution in [3.8, 4) is 11.3 Å². The lowest BCUT2D eigenvalue weighted by molar-refractivity contribution is 0.153. The van der Waals surface area contributed by atoms with E-state index in [9.17, 15) is 5.11 Å². The molecular weight excluding hydrogens is 316 g/mol. The fraction of sp³-hybridized carbons (Fsp3) is 0.250. The first-order valence-electron chi connectivity index (χ1n) is 8.36. The van der Waals surface area contributed by atoms with Gasteiger partial charge in [-0.3, -0.25) is 0 Å². The number of thioether (sulfide) groups is 1. The molecule has 4 heteroatoms. The van der Waals surface area contributed by atoms with E-state index in [-0.39, 0.29) is 6.04 Å². The largest absolute Gasteiger partial charge is 0.388 e. The van der Waals surface area contributed by atoms with Gasteiger partial charge in [0.15, 0.2) is 0 Å². The summed E-state index contributed by atoms with van der Waals surface area (Å²) in [5.41, 5.74) is 6.07. The maximum absolute atomic E-state index is 10.9. The lowest BCUT2D eigenvalue weighted by Gasteiger charge is -2.20. The highest BCUT2D eigenvalue weighted by atomic mass is 32.2. The summed E-state index contributed by atoms with van der Waals surface area (Å²) in [6.07, 6.45) is 5.11. The van der Waals surface area contributed by atoms with Crippen LogP contribution in [0.25, 0.3) is 11.3 Å². The number of hydrogen-bond donors (Lipinski definition) is 1. The fourth-order valence-electron chi connectivity index (χ4n) is 3.93. The third-order valence-electron chi connectivity index (χ3n) is 5.14. The number of hydrogen-bond acceptors (Lipinski definition) is 3. The summed E-state index contributed by atoms with van der Waals surface area (Å²) in [4.78, 5) is 5.67. The second-order valence-electron chi connectivity index (χ2n) is 6.51. The molecule has 0 amide bonds. The van der Waals surface area contributed by atoms with Crippen LogP contribution in [0.4, 0.5) is 0 Å². The van der Waals surface area contributed by atoms with Gasteiger partial charge in [-0.2, -0.15) is 0 Å². The Bertz CT molecular complexity index is 918. The van der Waals surface area contributed by atoms with Gasteiger partial charge in [0.25, 0.3) is 0 Å². The average Bonchev–Trinajstić information content (AvgIpc) is 3.31. The molecule has 0 radical (unpaired) electrons. The fourth-order valence-corrected chi connectivity index (χ4v) is 4.99. The van der Waals surface area contributed by atoms with E-state index in [0.717, 1.165) is 23.4 Å². The summed E-state index contributed by atoms with van der Waals surface area (Å²) in [6, 6.07) is 15.0. The van der Waals surface area contributed by atoms with Crippen molar-refractivity contribution >= 4 is 11.8 Å². The Morgan fingerprint density at radius 1 is 1.25 bits per heavy atom. The molecule has 120 valence electrons. The van der Waals surface area contributed by atoms with Crippen LogP contribution in [0.2, 0.25) is 0 Å². The molecule has 2 aliphatic heterocycles. The lowest BCUT2D eigenvalue weighted by Crippen LogP contribution is -2.10. The first kappa shape index (κ1) is 14.3. The summed E-state index contributed by atoms with van der Waals surface area (Å²) in [5.74, 6) is 1.16. The molecule has 0 saturated carbocycles. The minimum absolute atomic E-state index is 0.149. The number of aromatic nitrogens is 2. The minimum atomic E-state index is -0.465. The standard InChI is InChI=1S/C20H18N2OS/c23-19(13-5-6-20-14(9-13)7-8-24-20)10-17-15-3-1-2-4-16(15)18-11-21-12-22(17)18/h1-6,9,11-12,17,19,23H,7-8,10H2. The summed E-state index contributed by atoms with van der Waals surface area (Å²) in [6.45, 7) is 0. The molecule has 1 aromatic heterocycles. The number of aliphatic hydroxyl groups excluding tert-OH is 1. The summed E-state index contributed by atoms with van der Waals surface area (Å²) >= 11 is 1.91. The first-order valence-corrected chi connectivity index (χ1v) is 9.34. The van der Waals surface area contributed by atoms with Crippen LogP contribution in [0.3, 0.4) is 0 Å². The monoisotopic (exact) mass is 334 g/mol. The van der Waals surface area contributed by atoms with Gasteiger partial charge in [-0.15, -0.1) is 11.8 Å². The van der Waals surface area contributed by atoms with Crippen LogP contribution >= 0.6 is 11.8 Å². The van der Waals surface area contributed by atoms with Gasteiger partial charge in [-0.25, -0.2) is 4.98 Å². The van der Waals surface area contributed by atoms with Crippen LogP contribution in [-0.2, 0) is 6.42 Å². The van der Waals surface area contributed by atoms with Gasteiger partial charge in [0.05, 0.1) is 30.4 Å². The third-order valence-corrected chi connectivity index (χ3v) is 6.26. The van der Waals surface area contributed by atoms with Crippen LogP contribution in [0.15, 0.2) is 59.9 Å². The van der Waals surface area contributed by atoms with E-state index < -0.39 is 6.10 Å². The van der Waals surface area contributed by atoms with Gasteiger partial charge in [0.2, 0.25) is 0 Å². The third kappa shape index (κ3) is 2.14. The molecule has 2 atom stereocenters. The molecule has 0 fully saturated rings. The molecule has 3 aromatic rings. The molecule has 1 N–H and O–H groups in total. The van der Waals surface area contributed by atoms with Crippen LogP contribution in [0.5, 0.6) is 0 Å². The molecular formula is C20H18N2OS. The van der Waals surface area contributed by atoms with Gasteiger partial charge in [-0.05, 0) is 29.2 Å². The van der Waals surface area contributed by atoms with Gasteiger partial charge in [0, 0.05) is 22.6 Å². The lowest BCUT2D eigenvalue weighted by atomic mass is 9.95. The molecule has 2 aliphatic rings. The number of fused-ring (bicyclic) bond motifs is 4. The van der Waals surface area contributed by atoms with Crippen LogP contribution in [-0.4, -0.2) is 20.4 Å². The molecule has 0 spiro atoms. The predicted octanol–water partition coefficient (Wildman–Crippen LogP) is 4.22. The van der Waals surface area contributed by atoms with E-state index in [0.29, 0.717) is 6.42 Å². The molecule has 0 aliphatic carbocycles. The van der Waals surface area contributed by atoms with Crippen molar-refractivity contribution in [2.75, 3.05) is 5.75 Å². The zero-order chi connectivity index (χ0) is 16.1. The number of rotatable bonds is 3. The first-order chi connectivity index (χ1) is 11.8. The average molecular weight is 334 g/mol. The number of benzene rings is 2. The highest BCUT2D eigenvalue weighted by Gasteiger charge is 2.30. The van der Waals surface area contributed by atoms with Crippen molar-refractivity contribution in [2.45, 2.75) is 29.9 Å². The van der Waals surface area contributed by atoms with Crippen molar-refractivity contribution in [1.29, 1.82) is 0 Å². The Hall–Kier alpha value is -2.04. The Kier molecular flexibility index (Phi) is 3.28. The molecule has 2 aromatic carbocycles. The maximum Gasteiger partial charge on any atom is 0.0956 e. The number of aliphatic hydroxyl groups is 1. The Morgan fingerprint density at radius 3 is 3.12 bits per heavy atom. The second kappa shape index (κ2) is 5.50. The van der Waals surface area contributed by atoms with Crippen molar-refractivity contribution < 1.29 is 5.11 Å². The van der Waals surface area contributed by atoms with Crippen molar-refractivity contribution in [3.63, 3.8) is 0 Å². The van der Waals surface area contributed by atoms with Gasteiger partial charge < -0.3 is 9.67 Å². The van der Waals surface area contributed by atoms with E-state index in [2.05, 4.69) is 52.0 Å². The van der Waals surface area contributed by atoms with Crippen LogP contribution in [0, 0.1) is 0 Å². The maximum atomic E-state index is 10.9. The van der Waals surface area contributed by atoms with E-state index in [1.54, 1.807) is 0 Å². The van der Waals surface area contributed by atoms with Crippen LogP contribution < -0.4 is 0 Å². The molecule has 0 bridgehead atoms. The highest BCUT2D eigenvalue weighted by molar-refractivity contribution is 7.99. The van der Waals surface area contributed by atoms with Gasteiger partial charge >= 0.3 is 0 Å². The van der Waals surface area contributed by atoms with E-state index in [4.69, 9.17) is 0 Å². The summed E-state index contributed by atoms with van der Waals surface area (Å²) < 4.78 is 2.19. The number of nitrogens with zero attached hydrogens (tertiary/aromatic N) is 2. The van der Waals surface area contributed by atoms with E-state index in [1.807, 2.05) is 24.3 Å². The zero-order valence-corrected chi connectivity index (χ0v) is 14.0.